The molecular formula is C12H15F2O5P. The summed E-state index contributed by atoms with van der Waals surface area (Å²) in [5, 5.41) is 8.72. The molecule has 0 spiro atoms. The number of carbonyl (C=O) groups is 1. The Morgan fingerprint density at radius 1 is 1.20 bits per heavy atom. The van der Waals surface area contributed by atoms with Gasteiger partial charge in [0, 0.05) is 5.56 Å². The summed E-state index contributed by atoms with van der Waals surface area (Å²) in [5.41, 5.74) is -4.62. The number of carboxylic acid groups (broad SMARTS) is 1. The normalized spacial score (nSPS) is 12.4. The highest BCUT2D eigenvalue weighted by Gasteiger charge is 2.54. The Balaban J connectivity index is 3.18. The largest absolute Gasteiger partial charge is 0.478 e. The van der Waals surface area contributed by atoms with Crippen LogP contribution in [0.4, 0.5) is 8.78 Å². The molecule has 0 aliphatic carbocycles. The molecule has 1 N–H and O–H groups in total. The van der Waals surface area contributed by atoms with Crippen LogP contribution in [0.25, 0.3) is 0 Å². The van der Waals surface area contributed by atoms with Crippen LogP contribution >= 0.6 is 7.60 Å². The predicted molar refractivity (Wildman–Crippen MR) is 68.2 cm³/mol. The molecule has 0 bridgehead atoms. The molecule has 0 heterocycles. The minimum Gasteiger partial charge on any atom is -0.478 e. The van der Waals surface area contributed by atoms with E-state index in [9.17, 15) is 18.1 Å². The molecule has 0 radical (unpaired) electrons. The van der Waals surface area contributed by atoms with E-state index in [1.165, 1.54) is 13.8 Å². The second-order valence-corrected chi connectivity index (χ2v) is 5.83. The van der Waals surface area contributed by atoms with Gasteiger partial charge in [-0.1, -0.05) is 12.1 Å². The second-order valence-electron chi connectivity index (χ2n) is 3.76. The molecule has 0 aliphatic rings. The van der Waals surface area contributed by atoms with Crippen LogP contribution in [0.2, 0.25) is 0 Å². The van der Waals surface area contributed by atoms with Gasteiger partial charge in [0.1, 0.15) is 0 Å². The number of rotatable bonds is 7. The summed E-state index contributed by atoms with van der Waals surface area (Å²) in [6.45, 7) is 2.46. The number of carboxylic acids is 1. The molecule has 0 fully saturated rings. The molecule has 20 heavy (non-hydrogen) atoms. The van der Waals surface area contributed by atoms with Crippen molar-refractivity contribution in [3.63, 3.8) is 0 Å². The topological polar surface area (TPSA) is 72.8 Å². The van der Waals surface area contributed by atoms with Crippen LogP contribution in [-0.4, -0.2) is 24.3 Å². The van der Waals surface area contributed by atoms with Crippen LogP contribution in [-0.2, 0) is 19.3 Å². The molecule has 0 amide bonds. The summed E-state index contributed by atoms with van der Waals surface area (Å²) in [6, 6.07) is 3.81. The van der Waals surface area contributed by atoms with E-state index in [0.29, 0.717) is 0 Å². The third kappa shape index (κ3) is 3.23. The summed E-state index contributed by atoms with van der Waals surface area (Å²) in [4.78, 5) is 10.7. The fraction of sp³-hybridized carbons (Fsp3) is 0.417. The maximum Gasteiger partial charge on any atom is 0.404 e. The molecule has 0 aliphatic heterocycles. The van der Waals surface area contributed by atoms with Gasteiger partial charge in [-0.25, -0.2) is 4.79 Å². The number of benzene rings is 1. The summed E-state index contributed by atoms with van der Waals surface area (Å²) >= 11 is 0. The van der Waals surface area contributed by atoms with E-state index < -0.39 is 24.8 Å². The maximum atomic E-state index is 14.3. The van der Waals surface area contributed by atoms with Crippen LogP contribution < -0.4 is 0 Å². The zero-order valence-corrected chi connectivity index (χ0v) is 11.9. The zero-order chi connectivity index (χ0) is 15.4. The molecule has 0 atom stereocenters. The Hall–Kier alpha value is -1.30. The first-order chi connectivity index (χ1) is 9.28. The lowest BCUT2D eigenvalue weighted by Crippen LogP contribution is -2.18. The minimum absolute atomic E-state index is 0.146. The standard InChI is InChI=1S/C12H15F2O5P/c1-3-18-20(17,19-4-2)12(13,14)10-7-5-9(6-8-10)11(15)16/h5-8H,3-4H2,1-2H3,(H,15,16). The van der Waals surface area contributed by atoms with Crippen molar-refractivity contribution in [1.29, 1.82) is 0 Å². The summed E-state index contributed by atoms with van der Waals surface area (Å²) in [7, 11) is -4.66. The number of halogens is 2. The molecule has 112 valence electrons. The van der Waals surface area contributed by atoms with Crippen LogP contribution in [0, 0.1) is 0 Å². The summed E-state index contributed by atoms with van der Waals surface area (Å²) < 4.78 is 49.9. The molecular weight excluding hydrogens is 293 g/mol. The van der Waals surface area contributed by atoms with Crippen molar-refractivity contribution in [1.82, 2.24) is 0 Å². The Morgan fingerprint density at radius 2 is 1.65 bits per heavy atom. The lowest BCUT2D eigenvalue weighted by Gasteiger charge is -2.25. The number of hydrogen-bond donors (Lipinski definition) is 1. The fourth-order valence-corrected chi connectivity index (χ4v) is 3.05. The highest BCUT2D eigenvalue weighted by molar-refractivity contribution is 7.54. The zero-order valence-electron chi connectivity index (χ0n) is 11.0. The molecule has 8 heteroatoms. The van der Waals surface area contributed by atoms with E-state index in [1.54, 1.807) is 0 Å². The molecule has 0 unspecified atom stereocenters. The van der Waals surface area contributed by atoms with Crippen molar-refractivity contribution in [2.24, 2.45) is 0 Å². The molecule has 0 aromatic heterocycles. The lowest BCUT2D eigenvalue weighted by atomic mass is 10.1. The first-order valence-corrected chi connectivity index (χ1v) is 7.43. The number of hydrogen-bond acceptors (Lipinski definition) is 4. The van der Waals surface area contributed by atoms with Crippen LogP contribution in [0.15, 0.2) is 24.3 Å². The molecule has 0 saturated heterocycles. The van der Waals surface area contributed by atoms with Gasteiger partial charge in [0.25, 0.3) is 0 Å². The third-order valence-electron chi connectivity index (χ3n) is 2.42. The molecule has 5 nitrogen and oxygen atoms in total. The van der Waals surface area contributed by atoms with E-state index in [2.05, 4.69) is 9.05 Å². The monoisotopic (exact) mass is 308 g/mol. The van der Waals surface area contributed by atoms with E-state index in [4.69, 9.17) is 5.11 Å². The van der Waals surface area contributed by atoms with Gasteiger partial charge in [0.2, 0.25) is 0 Å². The average Bonchev–Trinajstić information content (AvgIpc) is 2.39. The fourth-order valence-electron chi connectivity index (χ4n) is 1.51. The molecule has 1 rings (SSSR count). The summed E-state index contributed by atoms with van der Waals surface area (Å²) in [5.74, 6) is -1.24. The van der Waals surface area contributed by atoms with E-state index in [1.807, 2.05) is 0 Å². The minimum atomic E-state index is -4.66. The first kappa shape index (κ1) is 16.8. The van der Waals surface area contributed by atoms with Gasteiger partial charge >= 0.3 is 19.2 Å². The quantitative estimate of drug-likeness (QED) is 0.777. The van der Waals surface area contributed by atoms with Gasteiger partial charge < -0.3 is 14.2 Å². The van der Waals surface area contributed by atoms with Crippen LogP contribution in [0.1, 0.15) is 29.8 Å². The Kier molecular flexibility index (Phi) is 5.39. The van der Waals surface area contributed by atoms with E-state index >= 15 is 0 Å². The smallest absolute Gasteiger partial charge is 0.404 e. The summed E-state index contributed by atoms with van der Waals surface area (Å²) in [6.07, 6.45) is 0. The van der Waals surface area contributed by atoms with Gasteiger partial charge in [0.05, 0.1) is 18.8 Å². The number of alkyl halides is 2. The lowest BCUT2D eigenvalue weighted by molar-refractivity contribution is 0.0360. The Morgan fingerprint density at radius 3 is 2.00 bits per heavy atom. The van der Waals surface area contributed by atoms with E-state index in [-0.39, 0.29) is 18.8 Å². The van der Waals surface area contributed by atoms with Crippen LogP contribution in [0.3, 0.4) is 0 Å². The Bertz CT molecular complexity index is 505. The van der Waals surface area contributed by atoms with Gasteiger partial charge in [-0.15, -0.1) is 0 Å². The highest BCUT2D eigenvalue weighted by Crippen LogP contribution is 2.66. The highest BCUT2D eigenvalue weighted by atomic mass is 31.2. The van der Waals surface area contributed by atoms with Crippen molar-refractivity contribution in [2.75, 3.05) is 13.2 Å². The van der Waals surface area contributed by atoms with Crippen molar-refractivity contribution in [3.05, 3.63) is 35.4 Å². The van der Waals surface area contributed by atoms with Gasteiger partial charge in [-0.3, -0.25) is 4.57 Å². The van der Waals surface area contributed by atoms with Gasteiger partial charge in [-0.2, -0.15) is 8.78 Å². The Labute approximate surface area is 115 Å². The molecule has 1 aromatic carbocycles. The van der Waals surface area contributed by atoms with Crippen molar-refractivity contribution in [2.45, 2.75) is 19.5 Å². The number of aromatic carboxylic acids is 1. The molecule has 0 saturated carbocycles. The van der Waals surface area contributed by atoms with Crippen LogP contribution in [0.5, 0.6) is 0 Å². The van der Waals surface area contributed by atoms with Gasteiger partial charge in [0.15, 0.2) is 0 Å². The van der Waals surface area contributed by atoms with Crippen molar-refractivity contribution in [3.8, 4) is 0 Å². The van der Waals surface area contributed by atoms with Crippen molar-refractivity contribution < 1.29 is 32.3 Å². The van der Waals surface area contributed by atoms with Crippen molar-refractivity contribution >= 4 is 13.6 Å². The van der Waals surface area contributed by atoms with E-state index in [0.717, 1.165) is 24.3 Å². The first-order valence-electron chi connectivity index (χ1n) is 5.89. The average molecular weight is 308 g/mol. The molecule has 1 aromatic rings. The second kappa shape index (κ2) is 6.43. The maximum absolute atomic E-state index is 14.3. The SMILES string of the molecule is CCOP(=O)(OCC)C(F)(F)c1ccc(C(=O)O)cc1. The third-order valence-corrected chi connectivity index (χ3v) is 4.56. The van der Waals surface area contributed by atoms with Gasteiger partial charge in [-0.05, 0) is 26.0 Å². The predicted octanol–water partition coefficient (Wildman–Crippen LogP) is 3.70.